The minimum absolute atomic E-state index is 0.325. The van der Waals surface area contributed by atoms with Gasteiger partial charge < -0.3 is 4.74 Å². The number of hydrogen-bond acceptors (Lipinski definition) is 4. The van der Waals surface area contributed by atoms with Gasteiger partial charge in [0.2, 0.25) is 0 Å². The Kier molecular flexibility index (Phi) is 3.74. The highest BCUT2D eigenvalue weighted by Gasteiger charge is 2.38. The highest BCUT2D eigenvalue weighted by atomic mass is 35.5. The number of ether oxygens (including phenoxy) is 1. The van der Waals surface area contributed by atoms with Gasteiger partial charge in [-0.15, -0.1) is 11.3 Å². The molecule has 0 bridgehead atoms. The molecule has 0 atom stereocenters. The standard InChI is InChI=1S/C14H17ClN2OS/c1-2-18-14(7-4-3-5-8-14)13-16-11(15)10-6-9-19-12(10)17-13/h6,9H,2-5,7-8H2,1H3. The van der Waals surface area contributed by atoms with Gasteiger partial charge in [0.25, 0.3) is 0 Å². The first-order valence-corrected chi connectivity index (χ1v) is 8.06. The fourth-order valence-corrected chi connectivity index (χ4v) is 3.91. The normalized spacial score (nSPS) is 18.8. The molecule has 0 radical (unpaired) electrons. The van der Waals surface area contributed by atoms with Crippen LogP contribution < -0.4 is 0 Å². The molecule has 0 amide bonds. The lowest BCUT2D eigenvalue weighted by Crippen LogP contribution is -2.34. The van der Waals surface area contributed by atoms with Crippen LogP contribution in [0, 0.1) is 0 Å². The van der Waals surface area contributed by atoms with Gasteiger partial charge in [0.1, 0.15) is 15.6 Å². The molecule has 5 heteroatoms. The molecule has 0 saturated heterocycles. The Labute approximate surface area is 122 Å². The third-order valence-electron chi connectivity index (χ3n) is 3.77. The van der Waals surface area contributed by atoms with Gasteiger partial charge >= 0.3 is 0 Å². The lowest BCUT2D eigenvalue weighted by molar-refractivity contribution is -0.0764. The van der Waals surface area contributed by atoms with Crippen molar-refractivity contribution in [3.05, 3.63) is 22.4 Å². The Morgan fingerprint density at radius 3 is 2.84 bits per heavy atom. The predicted octanol–water partition coefficient (Wildman–Crippen LogP) is 4.54. The average molecular weight is 297 g/mol. The lowest BCUT2D eigenvalue weighted by Gasteiger charge is -2.35. The summed E-state index contributed by atoms with van der Waals surface area (Å²) in [5.41, 5.74) is -0.325. The molecule has 0 aromatic carbocycles. The molecule has 19 heavy (non-hydrogen) atoms. The maximum absolute atomic E-state index is 6.28. The summed E-state index contributed by atoms with van der Waals surface area (Å²) < 4.78 is 6.06. The molecule has 3 rings (SSSR count). The number of aromatic nitrogens is 2. The van der Waals surface area contributed by atoms with Gasteiger partial charge in [-0.05, 0) is 31.2 Å². The number of fused-ring (bicyclic) bond motifs is 1. The van der Waals surface area contributed by atoms with Gasteiger partial charge in [-0.3, -0.25) is 0 Å². The van der Waals surface area contributed by atoms with E-state index >= 15 is 0 Å². The maximum atomic E-state index is 6.28. The second-order valence-corrected chi connectivity index (χ2v) is 6.22. The van der Waals surface area contributed by atoms with Gasteiger partial charge in [-0.1, -0.05) is 30.9 Å². The third kappa shape index (κ3) is 2.37. The van der Waals surface area contributed by atoms with Crippen LogP contribution in [0.1, 0.15) is 44.9 Å². The van der Waals surface area contributed by atoms with Crippen molar-refractivity contribution < 1.29 is 4.74 Å². The first-order valence-electron chi connectivity index (χ1n) is 6.80. The molecule has 1 aliphatic rings. The molecular weight excluding hydrogens is 280 g/mol. The second-order valence-electron chi connectivity index (χ2n) is 4.97. The molecular formula is C14H17ClN2OS. The van der Waals surface area contributed by atoms with Crippen molar-refractivity contribution in [3.8, 4) is 0 Å². The summed E-state index contributed by atoms with van der Waals surface area (Å²) in [7, 11) is 0. The van der Waals surface area contributed by atoms with E-state index in [1.807, 2.05) is 18.4 Å². The lowest BCUT2D eigenvalue weighted by atomic mass is 9.84. The fourth-order valence-electron chi connectivity index (χ4n) is 2.85. The zero-order valence-electron chi connectivity index (χ0n) is 11.0. The van der Waals surface area contributed by atoms with Crippen molar-refractivity contribution in [1.29, 1.82) is 0 Å². The minimum atomic E-state index is -0.325. The highest BCUT2D eigenvalue weighted by Crippen LogP contribution is 2.40. The van der Waals surface area contributed by atoms with E-state index in [0.29, 0.717) is 11.8 Å². The largest absolute Gasteiger partial charge is 0.367 e. The number of rotatable bonds is 3. The van der Waals surface area contributed by atoms with Crippen molar-refractivity contribution in [1.82, 2.24) is 9.97 Å². The van der Waals surface area contributed by atoms with E-state index in [9.17, 15) is 0 Å². The Bertz CT molecular complexity index is 572. The van der Waals surface area contributed by atoms with E-state index in [1.165, 1.54) is 19.3 Å². The van der Waals surface area contributed by atoms with E-state index in [4.69, 9.17) is 21.3 Å². The summed E-state index contributed by atoms with van der Waals surface area (Å²) in [4.78, 5) is 10.2. The van der Waals surface area contributed by atoms with Crippen molar-refractivity contribution in [2.45, 2.75) is 44.6 Å². The SMILES string of the molecule is CCOC1(c2nc(Cl)c3ccsc3n2)CCCCC1. The molecule has 1 fully saturated rings. The van der Waals surface area contributed by atoms with Gasteiger partial charge in [0.05, 0.1) is 0 Å². The highest BCUT2D eigenvalue weighted by molar-refractivity contribution is 7.16. The van der Waals surface area contributed by atoms with E-state index in [-0.39, 0.29) is 5.60 Å². The Hall–Kier alpha value is -0.710. The summed E-state index contributed by atoms with van der Waals surface area (Å²) in [6.45, 7) is 2.71. The number of nitrogens with zero attached hydrogens (tertiary/aromatic N) is 2. The number of halogens is 1. The first-order chi connectivity index (χ1) is 9.25. The molecule has 0 spiro atoms. The van der Waals surface area contributed by atoms with Crippen LogP contribution in [-0.4, -0.2) is 16.6 Å². The minimum Gasteiger partial charge on any atom is -0.367 e. The molecule has 2 aromatic heterocycles. The number of hydrogen-bond donors (Lipinski definition) is 0. The summed E-state index contributed by atoms with van der Waals surface area (Å²) in [6.07, 6.45) is 5.60. The summed E-state index contributed by atoms with van der Waals surface area (Å²) in [5.74, 6) is 0.772. The van der Waals surface area contributed by atoms with E-state index in [2.05, 4.69) is 4.98 Å². The van der Waals surface area contributed by atoms with Crippen molar-refractivity contribution in [2.24, 2.45) is 0 Å². The van der Waals surface area contributed by atoms with Crippen LogP contribution in [0.3, 0.4) is 0 Å². The van der Waals surface area contributed by atoms with Crippen LogP contribution in [0.5, 0.6) is 0 Å². The summed E-state index contributed by atoms with van der Waals surface area (Å²) in [5, 5.41) is 3.49. The van der Waals surface area contributed by atoms with Gasteiger partial charge in [0.15, 0.2) is 5.82 Å². The van der Waals surface area contributed by atoms with Crippen LogP contribution >= 0.6 is 22.9 Å². The fraction of sp³-hybridized carbons (Fsp3) is 0.571. The zero-order valence-corrected chi connectivity index (χ0v) is 12.6. The van der Waals surface area contributed by atoms with Gasteiger partial charge in [-0.2, -0.15) is 0 Å². The van der Waals surface area contributed by atoms with Crippen molar-refractivity contribution >= 4 is 33.2 Å². The molecule has 0 N–H and O–H groups in total. The van der Waals surface area contributed by atoms with Crippen LogP contribution in [0.15, 0.2) is 11.4 Å². The Morgan fingerprint density at radius 2 is 2.11 bits per heavy atom. The third-order valence-corrected chi connectivity index (χ3v) is 4.86. The van der Waals surface area contributed by atoms with Crippen LogP contribution in [-0.2, 0) is 10.3 Å². The van der Waals surface area contributed by atoms with Gasteiger partial charge in [0, 0.05) is 12.0 Å². The average Bonchev–Trinajstić information content (AvgIpc) is 2.89. The summed E-state index contributed by atoms with van der Waals surface area (Å²) in [6, 6.07) is 1.97. The number of thiophene rings is 1. The molecule has 102 valence electrons. The second kappa shape index (κ2) is 5.35. The Balaban J connectivity index is 2.08. The Morgan fingerprint density at radius 1 is 1.32 bits per heavy atom. The smallest absolute Gasteiger partial charge is 0.163 e. The predicted molar refractivity (Wildman–Crippen MR) is 78.8 cm³/mol. The maximum Gasteiger partial charge on any atom is 0.163 e. The van der Waals surface area contributed by atoms with Crippen LogP contribution in [0.4, 0.5) is 0 Å². The summed E-state index contributed by atoms with van der Waals surface area (Å²) >= 11 is 7.89. The monoisotopic (exact) mass is 296 g/mol. The zero-order chi connectivity index (χ0) is 13.3. The molecule has 1 saturated carbocycles. The first kappa shape index (κ1) is 13.3. The topological polar surface area (TPSA) is 35.0 Å². The molecule has 3 nitrogen and oxygen atoms in total. The van der Waals surface area contributed by atoms with Crippen molar-refractivity contribution in [3.63, 3.8) is 0 Å². The van der Waals surface area contributed by atoms with E-state index in [1.54, 1.807) is 11.3 Å². The van der Waals surface area contributed by atoms with E-state index < -0.39 is 0 Å². The van der Waals surface area contributed by atoms with Crippen LogP contribution in [0.2, 0.25) is 5.15 Å². The van der Waals surface area contributed by atoms with Crippen LogP contribution in [0.25, 0.3) is 10.2 Å². The van der Waals surface area contributed by atoms with E-state index in [0.717, 1.165) is 28.9 Å². The molecule has 0 aliphatic heterocycles. The van der Waals surface area contributed by atoms with Gasteiger partial charge in [-0.25, -0.2) is 9.97 Å². The molecule has 2 heterocycles. The molecule has 1 aliphatic carbocycles. The quantitative estimate of drug-likeness (QED) is 0.780. The van der Waals surface area contributed by atoms with Crippen molar-refractivity contribution in [2.75, 3.05) is 6.61 Å². The molecule has 0 unspecified atom stereocenters. The molecule has 2 aromatic rings.